The molecule has 146 valence electrons. The van der Waals surface area contributed by atoms with Crippen LogP contribution in [0.1, 0.15) is 23.7 Å². The van der Waals surface area contributed by atoms with Gasteiger partial charge in [0.1, 0.15) is 0 Å². The molecule has 0 radical (unpaired) electrons. The summed E-state index contributed by atoms with van der Waals surface area (Å²) in [6.07, 6.45) is -0.129. The first-order valence-corrected chi connectivity index (χ1v) is 10.2. The van der Waals surface area contributed by atoms with Gasteiger partial charge in [0, 0.05) is 30.3 Å². The van der Waals surface area contributed by atoms with E-state index in [1.165, 1.54) is 25.1 Å². The molecule has 0 aromatic heterocycles. The van der Waals surface area contributed by atoms with Crippen LogP contribution in [0.5, 0.6) is 0 Å². The Morgan fingerprint density at radius 3 is 2.18 bits per heavy atom. The SMILES string of the molecule is CC(=O)Nc1ccc(NC(=O)c2ccc(Cl)c(N3C(=O)CCS3(=O)=O)c2)cc1. The molecule has 1 aliphatic rings. The topological polar surface area (TPSA) is 113 Å². The Labute approximate surface area is 166 Å². The second kappa shape index (κ2) is 7.61. The number of carbonyl (C=O) groups is 3. The molecule has 3 rings (SSSR count). The first-order chi connectivity index (χ1) is 13.2. The summed E-state index contributed by atoms with van der Waals surface area (Å²) in [5, 5.41) is 5.32. The van der Waals surface area contributed by atoms with Gasteiger partial charge in [-0.2, -0.15) is 0 Å². The van der Waals surface area contributed by atoms with Crippen molar-refractivity contribution in [1.29, 1.82) is 0 Å². The highest BCUT2D eigenvalue weighted by Crippen LogP contribution is 2.33. The minimum Gasteiger partial charge on any atom is -0.326 e. The van der Waals surface area contributed by atoms with Crippen LogP contribution in [0.3, 0.4) is 0 Å². The fourth-order valence-corrected chi connectivity index (χ4v) is 4.42. The van der Waals surface area contributed by atoms with E-state index in [2.05, 4.69) is 10.6 Å². The molecular formula is C18H16ClN3O5S. The van der Waals surface area contributed by atoms with E-state index in [4.69, 9.17) is 11.6 Å². The molecule has 0 spiro atoms. The number of amides is 3. The molecular weight excluding hydrogens is 406 g/mol. The van der Waals surface area contributed by atoms with Crippen LogP contribution in [0.25, 0.3) is 0 Å². The number of hydrogen-bond acceptors (Lipinski definition) is 5. The predicted octanol–water partition coefficient (Wildman–Crippen LogP) is 2.62. The van der Waals surface area contributed by atoms with Crippen LogP contribution in [0.4, 0.5) is 17.1 Å². The Kier molecular flexibility index (Phi) is 5.39. The van der Waals surface area contributed by atoms with Gasteiger partial charge in [0.15, 0.2) is 0 Å². The van der Waals surface area contributed by atoms with E-state index in [0.29, 0.717) is 15.7 Å². The van der Waals surface area contributed by atoms with Gasteiger partial charge < -0.3 is 10.6 Å². The molecule has 3 amide bonds. The summed E-state index contributed by atoms with van der Waals surface area (Å²) < 4.78 is 24.9. The highest BCUT2D eigenvalue weighted by molar-refractivity contribution is 7.94. The third kappa shape index (κ3) is 4.15. The molecule has 0 saturated carbocycles. The monoisotopic (exact) mass is 421 g/mol. The molecule has 10 heteroatoms. The lowest BCUT2D eigenvalue weighted by Gasteiger charge is -2.17. The minimum absolute atomic E-state index is 0.0437. The molecule has 2 N–H and O–H groups in total. The number of hydrogen-bond donors (Lipinski definition) is 2. The Bertz CT molecular complexity index is 1070. The standard InChI is InChI=1S/C18H16ClN3O5S/c1-11(23)20-13-3-5-14(6-4-13)21-18(25)12-2-7-15(19)16(10-12)22-17(24)8-9-28(22,26)27/h2-7,10H,8-9H2,1H3,(H,20,23)(H,21,25). The Morgan fingerprint density at radius 1 is 1.04 bits per heavy atom. The zero-order chi connectivity index (χ0) is 20.5. The maximum atomic E-state index is 12.5. The third-order valence-electron chi connectivity index (χ3n) is 3.97. The van der Waals surface area contributed by atoms with Crippen LogP contribution >= 0.6 is 11.6 Å². The van der Waals surface area contributed by atoms with Gasteiger partial charge in [-0.05, 0) is 42.5 Å². The second-order valence-corrected chi connectivity index (χ2v) is 8.45. The summed E-state index contributed by atoms with van der Waals surface area (Å²) in [7, 11) is -3.79. The molecule has 28 heavy (non-hydrogen) atoms. The van der Waals surface area contributed by atoms with Crippen molar-refractivity contribution < 1.29 is 22.8 Å². The third-order valence-corrected chi connectivity index (χ3v) is 5.97. The Hall–Kier alpha value is -2.91. The fraction of sp³-hybridized carbons (Fsp3) is 0.167. The first kappa shape index (κ1) is 19.8. The number of rotatable bonds is 4. The van der Waals surface area contributed by atoms with E-state index in [1.54, 1.807) is 24.3 Å². The average Bonchev–Trinajstić information content (AvgIpc) is 2.89. The summed E-state index contributed by atoms with van der Waals surface area (Å²) in [5.41, 5.74) is 1.15. The Morgan fingerprint density at radius 2 is 1.64 bits per heavy atom. The van der Waals surface area contributed by atoms with Crippen molar-refractivity contribution in [2.45, 2.75) is 13.3 Å². The largest absolute Gasteiger partial charge is 0.326 e. The molecule has 0 atom stereocenters. The van der Waals surface area contributed by atoms with Gasteiger partial charge in [-0.3, -0.25) is 14.4 Å². The molecule has 0 bridgehead atoms. The van der Waals surface area contributed by atoms with Crippen molar-refractivity contribution in [3.05, 3.63) is 53.1 Å². The number of sulfonamides is 1. The molecule has 2 aromatic carbocycles. The molecule has 0 aliphatic carbocycles. The zero-order valence-corrected chi connectivity index (χ0v) is 16.3. The van der Waals surface area contributed by atoms with Crippen molar-refractivity contribution in [2.75, 3.05) is 20.7 Å². The van der Waals surface area contributed by atoms with Gasteiger partial charge in [0.05, 0.1) is 16.5 Å². The summed E-state index contributed by atoms with van der Waals surface area (Å²) in [5.74, 6) is -1.60. The van der Waals surface area contributed by atoms with Crippen LogP contribution in [0, 0.1) is 0 Å². The van der Waals surface area contributed by atoms with Crippen LogP contribution in [-0.4, -0.2) is 31.9 Å². The van der Waals surface area contributed by atoms with Crippen LogP contribution in [0.15, 0.2) is 42.5 Å². The number of nitrogens with one attached hydrogen (secondary N) is 2. The van der Waals surface area contributed by atoms with Crippen LogP contribution < -0.4 is 14.9 Å². The zero-order valence-electron chi connectivity index (χ0n) is 14.7. The van der Waals surface area contributed by atoms with Crippen molar-refractivity contribution >= 4 is 56.4 Å². The Balaban J connectivity index is 1.83. The van der Waals surface area contributed by atoms with Gasteiger partial charge in [-0.25, -0.2) is 12.7 Å². The summed E-state index contributed by atoms with van der Waals surface area (Å²) in [4.78, 5) is 35.5. The summed E-state index contributed by atoms with van der Waals surface area (Å²) in [6.45, 7) is 1.39. The molecule has 2 aromatic rings. The quantitative estimate of drug-likeness (QED) is 0.787. The van der Waals surface area contributed by atoms with Crippen LogP contribution in [0.2, 0.25) is 5.02 Å². The first-order valence-electron chi connectivity index (χ1n) is 8.22. The normalized spacial score (nSPS) is 15.4. The fourth-order valence-electron chi connectivity index (χ4n) is 2.70. The maximum Gasteiger partial charge on any atom is 0.255 e. The van der Waals surface area contributed by atoms with E-state index in [0.717, 1.165) is 0 Å². The lowest BCUT2D eigenvalue weighted by atomic mass is 10.1. The van der Waals surface area contributed by atoms with Crippen molar-refractivity contribution in [2.24, 2.45) is 0 Å². The van der Waals surface area contributed by atoms with Gasteiger partial charge in [-0.1, -0.05) is 11.6 Å². The van der Waals surface area contributed by atoms with Gasteiger partial charge in [0.2, 0.25) is 21.8 Å². The van der Waals surface area contributed by atoms with Gasteiger partial charge in [-0.15, -0.1) is 0 Å². The molecule has 0 unspecified atom stereocenters. The van der Waals surface area contributed by atoms with Crippen molar-refractivity contribution in [3.8, 4) is 0 Å². The second-order valence-electron chi connectivity index (χ2n) is 6.10. The van der Waals surface area contributed by atoms with Crippen molar-refractivity contribution in [3.63, 3.8) is 0 Å². The van der Waals surface area contributed by atoms with E-state index in [9.17, 15) is 22.8 Å². The predicted molar refractivity (Wildman–Crippen MR) is 106 cm³/mol. The van der Waals surface area contributed by atoms with E-state index in [1.807, 2.05) is 0 Å². The average molecular weight is 422 g/mol. The number of carbonyl (C=O) groups excluding carboxylic acids is 3. The molecule has 1 saturated heterocycles. The molecule has 1 aliphatic heterocycles. The highest BCUT2D eigenvalue weighted by atomic mass is 35.5. The number of nitrogens with zero attached hydrogens (tertiary/aromatic N) is 1. The minimum atomic E-state index is -3.79. The summed E-state index contributed by atoms with van der Waals surface area (Å²) in [6, 6.07) is 10.5. The number of halogens is 1. The maximum absolute atomic E-state index is 12.5. The van der Waals surface area contributed by atoms with Crippen molar-refractivity contribution in [1.82, 2.24) is 0 Å². The molecule has 1 fully saturated rings. The molecule has 1 heterocycles. The van der Waals surface area contributed by atoms with E-state index < -0.39 is 21.8 Å². The smallest absolute Gasteiger partial charge is 0.255 e. The van der Waals surface area contributed by atoms with Gasteiger partial charge >= 0.3 is 0 Å². The number of anilines is 3. The van der Waals surface area contributed by atoms with E-state index in [-0.39, 0.29) is 34.4 Å². The summed E-state index contributed by atoms with van der Waals surface area (Å²) >= 11 is 6.07. The number of benzene rings is 2. The lowest BCUT2D eigenvalue weighted by molar-refractivity contribution is -0.116. The van der Waals surface area contributed by atoms with Crippen LogP contribution in [-0.2, 0) is 19.6 Å². The van der Waals surface area contributed by atoms with Gasteiger partial charge in [0.25, 0.3) is 5.91 Å². The van der Waals surface area contributed by atoms with E-state index >= 15 is 0 Å². The molecule has 8 nitrogen and oxygen atoms in total. The lowest BCUT2D eigenvalue weighted by Crippen LogP contribution is -2.29. The highest BCUT2D eigenvalue weighted by Gasteiger charge is 2.37.